The first-order valence-electron chi connectivity index (χ1n) is 13.7. The molecule has 180 valence electrons. The molecule has 2 heteroatoms. The number of rotatable bonds is 2. The molecule has 5 aliphatic rings. The molecule has 2 nitrogen and oxygen atoms in total. The Labute approximate surface area is 197 Å². The molecule has 0 radical (unpaired) electrons. The van der Waals surface area contributed by atoms with E-state index >= 15 is 0 Å². The summed E-state index contributed by atoms with van der Waals surface area (Å²) < 4.78 is 0. The molecular weight excluding hydrogens is 392 g/mol. The van der Waals surface area contributed by atoms with Crippen molar-refractivity contribution in [2.75, 3.05) is 6.61 Å². The van der Waals surface area contributed by atoms with E-state index in [-0.39, 0.29) is 16.2 Å². The lowest BCUT2D eigenvalue weighted by Gasteiger charge is -2.72. The van der Waals surface area contributed by atoms with Gasteiger partial charge < -0.3 is 5.11 Å². The van der Waals surface area contributed by atoms with Crippen LogP contribution < -0.4 is 0 Å². The van der Waals surface area contributed by atoms with Gasteiger partial charge in [0.25, 0.3) is 0 Å². The number of fused-ring (bicyclic) bond motifs is 7. The number of aliphatic hydroxyl groups is 1. The van der Waals surface area contributed by atoms with Crippen LogP contribution in [0.25, 0.3) is 0 Å². The average molecular weight is 441 g/mol. The van der Waals surface area contributed by atoms with E-state index in [1.807, 2.05) is 0 Å². The van der Waals surface area contributed by atoms with Crippen molar-refractivity contribution in [3.63, 3.8) is 0 Å². The number of Topliss-reactive ketones (excluding diaryl/α,β-unsaturated/α-hetero) is 1. The number of ketones is 1. The molecule has 0 amide bonds. The van der Waals surface area contributed by atoms with E-state index in [2.05, 4.69) is 48.1 Å². The third kappa shape index (κ3) is 2.60. The van der Waals surface area contributed by atoms with Crippen molar-refractivity contribution >= 4 is 5.78 Å². The van der Waals surface area contributed by atoms with Gasteiger partial charge in [-0.3, -0.25) is 4.79 Å². The highest BCUT2D eigenvalue weighted by Crippen LogP contribution is 2.77. The van der Waals surface area contributed by atoms with Gasteiger partial charge in [0, 0.05) is 18.4 Å². The molecule has 0 aromatic rings. The number of carbonyl (C=O) groups excluding carboxylic acids is 1. The average Bonchev–Trinajstić information content (AvgIpc) is 3.12. The first-order valence-corrected chi connectivity index (χ1v) is 13.7. The Kier molecular flexibility index (Phi) is 5.03. The first kappa shape index (κ1) is 23.1. The molecule has 9 atom stereocenters. The molecule has 32 heavy (non-hydrogen) atoms. The molecule has 0 aromatic heterocycles. The third-order valence-corrected chi connectivity index (χ3v) is 13.3. The van der Waals surface area contributed by atoms with Crippen LogP contribution in [0.4, 0.5) is 0 Å². The smallest absolute Gasteiger partial charge is 0.138 e. The topological polar surface area (TPSA) is 37.3 Å². The maximum absolute atomic E-state index is 12.9. The van der Waals surface area contributed by atoms with Gasteiger partial charge in [-0.2, -0.15) is 0 Å². The summed E-state index contributed by atoms with van der Waals surface area (Å²) in [5, 5.41) is 10.6. The number of hydrogen-bond acceptors (Lipinski definition) is 2. The van der Waals surface area contributed by atoms with Gasteiger partial charge in [0.2, 0.25) is 0 Å². The molecule has 5 saturated carbocycles. The fourth-order valence-electron chi connectivity index (χ4n) is 11.4. The summed E-state index contributed by atoms with van der Waals surface area (Å²) in [6, 6.07) is 0. The summed E-state index contributed by atoms with van der Waals surface area (Å²) in [5.41, 5.74) is 2.27. The molecule has 5 aliphatic carbocycles. The second kappa shape index (κ2) is 6.96. The molecule has 0 aromatic carbocycles. The van der Waals surface area contributed by atoms with E-state index < -0.39 is 0 Å². The summed E-state index contributed by atoms with van der Waals surface area (Å²) in [6.45, 7) is 19.4. The zero-order valence-corrected chi connectivity index (χ0v) is 21.7. The van der Waals surface area contributed by atoms with Gasteiger partial charge in [0.1, 0.15) is 5.78 Å². The second-order valence-electron chi connectivity index (χ2n) is 14.4. The van der Waals surface area contributed by atoms with Crippen LogP contribution in [0.2, 0.25) is 0 Å². The predicted molar refractivity (Wildman–Crippen MR) is 131 cm³/mol. The predicted octanol–water partition coefficient (Wildman–Crippen LogP) is 7.21. The van der Waals surface area contributed by atoms with Crippen LogP contribution in [0.3, 0.4) is 0 Å². The van der Waals surface area contributed by atoms with Crippen LogP contribution in [0, 0.1) is 56.7 Å². The van der Waals surface area contributed by atoms with E-state index in [0.717, 1.165) is 12.8 Å². The minimum atomic E-state index is -0.165. The summed E-state index contributed by atoms with van der Waals surface area (Å²) in [5.74, 6) is 3.65. The Morgan fingerprint density at radius 2 is 1.62 bits per heavy atom. The van der Waals surface area contributed by atoms with Gasteiger partial charge in [-0.25, -0.2) is 0 Å². The zero-order valence-electron chi connectivity index (χ0n) is 21.7. The fourth-order valence-corrected chi connectivity index (χ4v) is 11.4. The molecule has 0 aliphatic heterocycles. The van der Waals surface area contributed by atoms with Crippen molar-refractivity contribution in [1.29, 1.82) is 0 Å². The Morgan fingerprint density at radius 3 is 2.28 bits per heavy atom. The summed E-state index contributed by atoms with van der Waals surface area (Å²) in [4.78, 5) is 12.9. The highest BCUT2D eigenvalue weighted by molar-refractivity contribution is 5.85. The van der Waals surface area contributed by atoms with Crippen molar-refractivity contribution in [2.45, 2.75) is 106 Å². The van der Waals surface area contributed by atoms with E-state index in [9.17, 15) is 9.90 Å². The number of hydrogen-bond donors (Lipinski definition) is 1. The first-order chi connectivity index (χ1) is 14.9. The summed E-state index contributed by atoms with van der Waals surface area (Å²) in [6.07, 6.45) is 11.9. The van der Waals surface area contributed by atoms with Gasteiger partial charge >= 0.3 is 0 Å². The molecule has 0 spiro atoms. The molecule has 0 unspecified atom stereocenters. The molecular formula is C30H48O2. The van der Waals surface area contributed by atoms with Gasteiger partial charge in [0.15, 0.2) is 0 Å². The molecule has 1 N–H and O–H groups in total. The molecule has 0 bridgehead atoms. The van der Waals surface area contributed by atoms with Crippen molar-refractivity contribution in [2.24, 2.45) is 56.7 Å². The van der Waals surface area contributed by atoms with Crippen molar-refractivity contribution in [3.05, 3.63) is 12.2 Å². The Morgan fingerprint density at radius 1 is 0.906 bits per heavy atom. The van der Waals surface area contributed by atoms with Crippen LogP contribution in [0.15, 0.2) is 12.2 Å². The van der Waals surface area contributed by atoms with Crippen LogP contribution >= 0.6 is 0 Å². The second-order valence-corrected chi connectivity index (χ2v) is 14.4. The van der Waals surface area contributed by atoms with Gasteiger partial charge in [0.05, 0.1) is 0 Å². The molecule has 5 rings (SSSR count). The largest absolute Gasteiger partial charge is 0.396 e. The highest BCUT2D eigenvalue weighted by Gasteiger charge is 2.70. The maximum atomic E-state index is 12.9. The lowest BCUT2D eigenvalue weighted by Crippen LogP contribution is -2.66. The van der Waals surface area contributed by atoms with Crippen LogP contribution in [-0.2, 0) is 4.79 Å². The zero-order chi connectivity index (χ0) is 23.3. The van der Waals surface area contributed by atoms with Gasteiger partial charge in [-0.05, 0) is 116 Å². The number of aliphatic hydroxyl groups excluding tert-OH is 1. The Hall–Kier alpha value is -0.630. The van der Waals surface area contributed by atoms with E-state index in [4.69, 9.17) is 0 Å². The molecule has 5 fully saturated rings. The SMILES string of the molecule is C=C(C)[C@@H]1CC[C@@]2(CO)CC[C@]3(C)[C@@H](CC[C@@H]4[C@@]5(C)CCC(=O)C(C)(C)[C@@H]5CC[C@@]43C)[C@@H]12. The fraction of sp³-hybridized carbons (Fsp3) is 0.900. The quantitative estimate of drug-likeness (QED) is 0.461. The maximum Gasteiger partial charge on any atom is 0.138 e. The van der Waals surface area contributed by atoms with Gasteiger partial charge in [-0.1, -0.05) is 46.8 Å². The van der Waals surface area contributed by atoms with Gasteiger partial charge in [-0.15, -0.1) is 0 Å². The van der Waals surface area contributed by atoms with Crippen LogP contribution in [-0.4, -0.2) is 17.5 Å². The lowest BCUT2D eigenvalue weighted by atomic mass is 9.32. The monoisotopic (exact) mass is 440 g/mol. The summed E-state index contributed by atoms with van der Waals surface area (Å²) >= 11 is 0. The van der Waals surface area contributed by atoms with Crippen LogP contribution in [0.1, 0.15) is 106 Å². The molecule has 0 heterocycles. The number of carbonyl (C=O) groups is 1. The minimum Gasteiger partial charge on any atom is -0.396 e. The highest BCUT2D eigenvalue weighted by atomic mass is 16.3. The standard InChI is InChI=1S/C30H48O2/c1-19(2)20-10-15-30(18-31)17-16-28(6)21(25(20)30)8-9-23-27(5)13-12-24(32)26(3,4)22(27)11-14-29(23,28)7/h20-23,25,31H,1,8-18H2,2-7H3/t20-,21-,22-,23+,25+,27-,28+,29-,30-/m0/s1. The third-order valence-electron chi connectivity index (χ3n) is 13.3. The lowest BCUT2D eigenvalue weighted by molar-refractivity contribution is -0.236. The Bertz CT molecular complexity index is 827. The van der Waals surface area contributed by atoms with E-state index in [1.165, 1.54) is 56.9 Å². The van der Waals surface area contributed by atoms with Crippen molar-refractivity contribution in [3.8, 4) is 0 Å². The molecule has 0 saturated heterocycles. The van der Waals surface area contributed by atoms with Crippen molar-refractivity contribution < 1.29 is 9.90 Å². The summed E-state index contributed by atoms with van der Waals surface area (Å²) in [7, 11) is 0. The van der Waals surface area contributed by atoms with E-state index in [0.29, 0.717) is 52.8 Å². The van der Waals surface area contributed by atoms with E-state index in [1.54, 1.807) is 0 Å². The van der Waals surface area contributed by atoms with Crippen molar-refractivity contribution in [1.82, 2.24) is 0 Å². The minimum absolute atomic E-state index is 0.136. The number of allylic oxidation sites excluding steroid dienone is 1. The Balaban J connectivity index is 1.56. The normalized spacial score (nSPS) is 54.2. The van der Waals surface area contributed by atoms with Crippen LogP contribution in [0.5, 0.6) is 0 Å².